The molecule has 0 radical (unpaired) electrons. The van der Waals surface area contributed by atoms with Crippen LogP contribution in [0.25, 0.3) is 0 Å². The molecule has 0 heterocycles. The first-order chi connectivity index (χ1) is 9.96. The standard InChI is InChI=1S/C11H7F6N5/c12-10(13,14)5-1-2-6(11(15,16)17)7(3-5)21-22-8(4-18)9(19)20/h1-3,21H,(H3,19,20)/b22-8+. The van der Waals surface area contributed by atoms with Gasteiger partial charge in [0.05, 0.1) is 16.8 Å². The van der Waals surface area contributed by atoms with Gasteiger partial charge in [0.25, 0.3) is 0 Å². The molecular formula is C11H7F6N5. The summed E-state index contributed by atoms with van der Waals surface area (Å²) in [5, 5.41) is 18.6. The van der Waals surface area contributed by atoms with Gasteiger partial charge in [-0.15, -0.1) is 0 Å². The molecule has 0 spiro atoms. The Balaban J connectivity index is 3.36. The van der Waals surface area contributed by atoms with Gasteiger partial charge in [-0.3, -0.25) is 10.8 Å². The fourth-order valence-electron chi connectivity index (χ4n) is 1.32. The van der Waals surface area contributed by atoms with E-state index in [0.29, 0.717) is 0 Å². The predicted molar refractivity (Wildman–Crippen MR) is 65.0 cm³/mol. The van der Waals surface area contributed by atoms with Crippen LogP contribution in [0.15, 0.2) is 23.3 Å². The Morgan fingerprint density at radius 3 is 2.18 bits per heavy atom. The number of nitrogens with two attached hydrogens (primary N) is 1. The Morgan fingerprint density at radius 2 is 1.77 bits per heavy atom. The predicted octanol–water partition coefficient (Wildman–Crippen LogP) is 2.95. The van der Waals surface area contributed by atoms with Gasteiger partial charge in [-0.25, -0.2) is 0 Å². The van der Waals surface area contributed by atoms with Gasteiger partial charge in [0, 0.05) is 0 Å². The average molecular weight is 323 g/mol. The number of hydrazone groups is 1. The van der Waals surface area contributed by atoms with Crippen molar-refractivity contribution in [2.24, 2.45) is 10.8 Å². The molecule has 1 aromatic rings. The van der Waals surface area contributed by atoms with Crippen LogP contribution in [-0.2, 0) is 12.4 Å². The molecule has 22 heavy (non-hydrogen) atoms. The Kier molecular flexibility index (Phi) is 4.65. The minimum absolute atomic E-state index is 0.196. The fraction of sp³-hybridized carbons (Fsp3) is 0.182. The van der Waals surface area contributed by atoms with Crippen LogP contribution < -0.4 is 11.2 Å². The number of anilines is 1. The van der Waals surface area contributed by atoms with Crippen molar-refractivity contribution < 1.29 is 26.3 Å². The number of nitrogens with one attached hydrogen (secondary N) is 2. The number of benzene rings is 1. The van der Waals surface area contributed by atoms with E-state index in [1.807, 2.05) is 0 Å². The quantitative estimate of drug-likeness (QED) is 0.345. The van der Waals surface area contributed by atoms with Gasteiger partial charge in [-0.1, -0.05) is 0 Å². The lowest BCUT2D eigenvalue weighted by atomic mass is 10.1. The van der Waals surface area contributed by atoms with Crippen LogP contribution >= 0.6 is 0 Å². The van der Waals surface area contributed by atoms with Crippen molar-refractivity contribution in [3.8, 4) is 6.07 Å². The van der Waals surface area contributed by atoms with E-state index in [1.54, 1.807) is 5.43 Å². The van der Waals surface area contributed by atoms with E-state index in [0.717, 1.165) is 0 Å². The fourth-order valence-corrected chi connectivity index (χ4v) is 1.32. The van der Waals surface area contributed by atoms with Crippen molar-refractivity contribution >= 4 is 17.2 Å². The molecule has 0 bridgehead atoms. The number of nitriles is 1. The van der Waals surface area contributed by atoms with E-state index < -0.39 is 40.7 Å². The van der Waals surface area contributed by atoms with Crippen LogP contribution in [0.5, 0.6) is 0 Å². The van der Waals surface area contributed by atoms with Gasteiger partial charge in [-0.2, -0.15) is 36.7 Å². The first kappa shape index (κ1) is 17.3. The zero-order chi connectivity index (χ0) is 17.1. The first-order valence-electron chi connectivity index (χ1n) is 5.33. The lowest BCUT2D eigenvalue weighted by Crippen LogP contribution is -2.22. The summed E-state index contributed by atoms with van der Waals surface area (Å²) in [6.07, 6.45) is -9.80. The Hall–Kier alpha value is -2.77. The van der Waals surface area contributed by atoms with Crippen LogP contribution in [0.2, 0.25) is 0 Å². The molecule has 5 nitrogen and oxygen atoms in total. The second-order valence-corrected chi connectivity index (χ2v) is 3.85. The maximum atomic E-state index is 12.7. The Morgan fingerprint density at radius 1 is 1.18 bits per heavy atom. The Labute approximate surface area is 119 Å². The van der Waals surface area contributed by atoms with Crippen molar-refractivity contribution in [1.29, 1.82) is 10.7 Å². The van der Waals surface area contributed by atoms with E-state index in [9.17, 15) is 26.3 Å². The summed E-state index contributed by atoms with van der Waals surface area (Å²) in [5.41, 5.74) is 2.08. The Bertz CT molecular complexity index is 652. The van der Waals surface area contributed by atoms with Crippen molar-refractivity contribution in [2.75, 3.05) is 5.43 Å². The molecule has 0 aliphatic carbocycles. The van der Waals surface area contributed by atoms with Crippen LogP contribution in [0, 0.1) is 16.7 Å². The van der Waals surface area contributed by atoms with Gasteiger partial charge in [0.1, 0.15) is 6.07 Å². The van der Waals surface area contributed by atoms with Crippen molar-refractivity contribution in [3.63, 3.8) is 0 Å². The molecule has 0 saturated heterocycles. The van der Waals surface area contributed by atoms with Gasteiger partial charge < -0.3 is 5.73 Å². The molecule has 11 heteroatoms. The summed E-state index contributed by atoms with van der Waals surface area (Å²) in [6, 6.07) is 2.01. The minimum atomic E-state index is -4.94. The average Bonchev–Trinajstić information content (AvgIpc) is 2.36. The maximum absolute atomic E-state index is 12.7. The van der Waals surface area contributed by atoms with Crippen LogP contribution in [0.4, 0.5) is 32.0 Å². The second-order valence-electron chi connectivity index (χ2n) is 3.85. The number of halogens is 6. The minimum Gasteiger partial charge on any atom is -0.382 e. The number of nitrogens with zero attached hydrogens (tertiary/aromatic N) is 2. The first-order valence-corrected chi connectivity index (χ1v) is 5.33. The molecule has 0 aliphatic heterocycles. The molecule has 1 aromatic carbocycles. The molecule has 0 saturated carbocycles. The van der Waals surface area contributed by atoms with Crippen molar-refractivity contribution in [3.05, 3.63) is 29.3 Å². The third-order valence-corrected chi connectivity index (χ3v) is 2.30. The molecule has 0 aliphatic rings. The molecule has 0 atom stereocenters. The molecule has 0 aromatic heterocycles. The van der Waals surface area contributed by atoms with Gasteiger partial charge in [0.2, 0.25) is 5.71 Å². The molecular weight excluding hydrogens is 316 g/mol. The highest BCUT2D eigenvalue weighted by Gasteiger charge is 2.37. The van der Waals surface area contributed by atoms with E-state index in [-0.39, 0.29) is 18.2 Å². The number of hydrogen-bond acceptors (Lipinski definition) is 4. The molecule has 0 unspecified atom stereocenters. The lowest BCUT2D eigenvalue weighted by molar-refractivity contribution is -0.140. The zero-order valence-corrected chi connectivity index (χ0v) is 10.5. The smallest absolute Gasteiger partial charge is 0.382 e. The van der Waals surface area contributed by atoms with Gasteiger partial charge in [0.15, 0.2) is 5.84 Å². The topological polar surface area (TPSA) is 98.0 Å². The van der Waals surface area contributed by atoms with Crippen LogP contribution in [0.1, 0.15) is 11.1 Å². The van der Waals surface area contributed by atoms with Gasteiger partial charge in [-0.05, 0) is 18.2 Å². The molecule has 1 rings (SSSR count). The highest BCUT2D eigenvalue weighted by Crippen LogP contribution is 2.38. The highest BCUT2D eigenvalue weighted by atomic mass is 19.4. The maximum Gasteiger partial charge on any atom is 0.418 e. The molecule has 0 fully saturated rings. The second kappa shape index (κ2) is 5.92. The highest BCUT2D eigenvalue weighted by molar-refractivity contribution is 6.45. The van der Waals surface area contributed by atoms with Crippen molar-refractivity contribution in [2.45, 2.75) is 12.4 Å². The molecule has 118 valence electrons. The SMILES string of the molecule is N#C/C(=N\Nc1cc(C(F)(F)F)ccc1C(F)(F)F)C(=N)N. The zero-order valence-electron chi connectivity index (χ0n) is 10.5. The number of rotatable bonds is 3. The van der Waals surface area contributed by atoms with E-state index >= 15 is 0 Å². The van der Waals surface area contributed by atoms with Crippen molar-refractivity contribution in [1.82, 2.24) is 0 Å². The van der Waals surface area contributed by atoms with Crippen LogP contribution in [0.3, 0.4) is 0 Å². The normalized spacial score (nSPS) is 12.7. The van der Waals surface area contributed by atoms with E-state index in [2.05, 4.69) is 5.10 Å². The summed E-state index contributed by atoms with van der Waals surface area (Å²) in [6.45, 7) is 0. The lowest BCUT2D eigenvalue weighted by Gasteiger charge is -2.15. The van der Waals surface area contributed by atoms with Crippen LogP contribution in [-0.4, -0.2) is 11.5 Å². The number of amidine groups is 1. The summed E-state index contributed by atoms with van der Waals surface area (Å²) < 4.78 is 75.8. The largest absolute Gasteiger partial charge is 0.418 e. The number of alkyl halides is 6. The number of hydrogen-bond donors (Lipinski definition) is 3. The summed E-state index contributed by atoms with van der Waals surface area (Å²) in [7, 11) is 0. The summed E-state index contributed by atoms with van der Waals surface area (Å²) >= 11 is 0. The third-order valence-electron chi connectivity index (χ3n) is 2.30. The molecule has 4 N–H and O–H groups in total. The van der Waals surface area contributed by atoms with E-state index in [1.165, 1.54) is 6.07 Å². The van der Waals surface area contributed by atoms with E-state index in [4.69, 9.17) is 16.4 Å². The monoisotopic (exact) mass is 323 g/mol. The van der Waals surface area contributed by atoms with Gasteiger partial charge >= 0.3 is 12.4 Å². The third kappa shape index (κ3) is 4.11. The summed E-state index contributed by atoms with van der Waals surface area (Å²) in [5.74, 6) is -0.851. The summed E-state index contributed by atoms with van der Waals surface area (Å²) in [4.78, 5) is 0. The molecule has 0 amide bonds.